The lowest BCUT2D eigenvalue weighted by Gasteiger charge is -2.32. The Hall–Kier alpha value is -3.52. The maximum atomic E-state index is 14.4. The van der Waals surface area contributed by atoms with Gasteiger partial charge in [0.05, 0.1) is 5.56 Å². The molecule has 0 unspecified atom stereocenters. The van der Waals surface area contributed by atoms with Gasteiger partial charge in [-0.05, 0) is 73.8 Å². The van der Waals surface area contributed by atoms with Crippen LogP contribution >= 0.6 is 0 Å². The minimum absolute atomic E-state index is 0.0291. The van der Waals surface area contributed by atoms with Crippen LogP contribution < -0.4 is 20.7 Å². The van der Waals surface area contributed by atoms with Crippen molar-refractivity contribution in [1.29, 1.82) is 0 Å². The zero-order chi connectivity index (χ0) is 22.3. The zero-order valence-electron chi connectivity index (χ0n) is 17.7. The van der Waals surface area contributed by atoms with E-state index in [1.807, 2.05) is 36.4 Å². The molecule has 3 aromatic rings. The smallest absolute Gasteiger partial charge is 0.254 e. The fourth-order valence-corrected chi connectivity index (χ4v) is 3.75. The van der Waals surface area contributed by atoms with Gasteiger partial charge in [-0.1, -0.05) is 12.1 Å². The SMILES string of the molecule is NCCc1ccc(Oc2ccc(F)c(C(=O)NC3CCN(c4cccnn4)CC3)c2)cc1. The van der Waals surface area contributed by atoms with Crippen molar-refractivity contribution in [3.8, 4) is 11.5 Å². The summed E-state index contributed by atoms with van der Waals surface area (Å²) in [6.07, 6.45) is 3.92. The minimum atomic E-state index is -0.579. The van der Waals surface area contributed by atoms with Crippen molar-refractivity contribution in [2.24, 2.45) is 5.73 Å². The molecule has 0 atom stereocenters. The molecule has 2 heterocycles. The van der Waals surface area contributed by atoms with Crippen LogP contribution in [0.15, 0.2) is 60.8 Å². The number of rotatable bonds is 7. The second-order valence-corrected chi connectivity index (χ2v) is 7.74. The van der Waals surface area contributed by atoms with E-state index >= 15 is 0 Å². The van der Waals surface area contributed by atoms with E-state index in [4.69, 9.17) is 10.5 Å². The highest BCUT2D eigenvalue weighted by molar-refractivity contribution is 5.95. The lowest BCUT2D eigenvalue weighted by Crippen LogP contribution is -2.45. The summed E-state index contributed by atoms with van der Waals surface area (Å²) in [5.41, 5.74) is 6.66. The van der Waals surface area contributed by atoms with Gasteiger partial charge in [0.1, 0.15) is 17.3 Å². The van der Waals surface area contributed by atoms with Gasteiger partial charge in [-0.15, -0.1) is 5.10 Å². The Balaban J connectivity index is 1.36. The van der Waals surface area contributed by atoms with Crippen LogP contribution in [0.5, 0.6) is 11.5 Å². The number of carbonyl (C=O) groups is 1. The Morgan fingerprint density at radius 1 is 1.12 bits per heavy atom. The molecule has 1 aromatic heterocycles. The summed E-state index contributed by atoms with van der Waals surface area (Å²) in [7, 11) is 0. The maximum absolute atomic E-state index is 14.4. The molecule has 0 bridgehead atoms. The van der Waals surface area contributed by atoms with E-state index in [9.17, 15) is 9.18 Å². The van der Waals surface area contributed by atoms with Crippen LogP contribution in [-0.2, 0) is 6.42 Å². The second-order valence-electron chi connectivity index (χ2n) is 7.74. The summed E-state index contributed by atoms with van der Waals surface area (Å²) in [5, 5.41) is 11.0. The van der Waals surface area contributed by atoms with Crippen molar-refractivity contribution in [2.75, 3.05) is 24.5 Å². The molecule has 32 heavy (non-hydrogen) atoms. The molecule has 1 saturated heterocycles. The van der Waals surface area contributed by atoms with Crippen LogP contribution in [0.4, 0.5) is 10.2 Å². The highest BCUT2D eigenvalue weighted by atomic mass is 19.1. The Labute approximate surface area is 186 Å². The van der Waals surface area contributed by atoms with E-state index in [-0.39, 0.29) is 11.6 Å². The van der Waals surface area contributed by atoms with Gasteiger partial charge in [0.15, 0.2) is 5.82 Å². The third-order valence-electron chi connectivity index (χ3n) is 5.49. The van der Waals surface area contributed by atoms with Crippen molar-refractivity contribution < 1.29 is 13.9 Å². The molecule has 1 fully saturated rings. The van der Waals surface area contributed by atoms with Gasteiger partial charge in [-0.3, -0.25) is 4.79 Å². The van der Waals surface area contributed by atoms with Gasteiger partial charge in [0.25, 0.3) is 5.91 Å². The van der Waals surface area contributed by atoms with Crippen LogP contribution in [0.2, 0.25) is 0 Å². The summed E-state index contributed by atoms with van der Waals surface area (Å²) >= 11 is 0. The molecule has 0 spiro atoms. The number of nitrogens with two attached hydrogens (primary N) is 1. The van der Waals surface area contributed by atoms with Crippen LogP contribution in [-0.4, -0.2) is 41.8 Å². The molecule has 3 N–H and O–H groups in total. The van der Waals surface area contributed by atoms with E-state index in [0.717, 1.165) is 43.7 Å². The number of nitrogens with zero attached hydrogens (tertiary/aromatic N) is 3. The van der Waals surface area contributed by atoms with Gasteiger partial charge >= 0.3 is 0 Å². The number of hydrogen-bond donors (Lipinski definition) is 2. The molecule has 4 rings (SSSR count). The summed E-state index contributed by atoms with van der Waals surface area (Å²) in [5.74, 6) is 0.819. The second kappa shape index (κ2) is 10.2. The molecular weight excluding hydrogens is 409 g/mol. The Kier molecular flexibility index (Phi) is 6.91. The quantitative estimate of drug-likeness (QED) is 0.592. The fourth-order valence-electron chi connectivity index (χ4n) is 3.75. The van der Waals surface area contributed by atoms with Gasteiger partial charge < -0.3 is 20.7 Å². The Morgan fingerprint density at radius 2 is 1.88 bits per heavy atom. The third-order valence-corrected chi connectivity index (χ3v) is 5.49. The van der Waals surface area contributed by atoms with Gasteiger partial charge in [0.2, 0.25) is 0 Å². The maximum Gasteiger partial charge on any atom is 0.254 e. The van der Waals surface area contributed by atoms with Crippen LogP contribution in [0.1, 0.15) is 28.8 Å². The van der Waals surface area contributed by atoms with E-state index in [1.165, 1.54) is 18.2 Å². The number of ether oxygens (including phenoxy) is 1. The predicted molar refractivity (Wildman–Crippen MR) is 120 cm³/mol. The third kappa shape index (κ3) is 5.39. The van der Waals surface area contributed by atoms with Crippen molar-refractivity contribution in [2.45, 2.75) is 25.3 Å². The van der Waals surface area contributed by atoms with Crippen LogP contribution in [0.3, 0.4) is 0 Å². The summed E-state index contributed by atoms with van der Waals surface area (Å²) < 4.78 is 20.2. The Bertz CT molecular complexity index is 1040. The molecule has 1 aliphatic heterocycles. The monoisotopic (exact) mass is 435 g/mol. The first kappa shape index (κ1) is 21.7. The number of anilines is 1. The highest BCUT2D eigenvalue weighted by Gasteiger charge is 2.23. The number of nitrogens with one attached hydrogen (secondary N) is 1. The van der Waals surface area contributed by atoms with E-state index in [0.29, 0.717) is 18.0 Å². The molecule has 1 aliphatic rings. The molecule has 0 aliphatic carbocycles. The molecule has 2 aromatic carbocycles. The number of benzene rings is 2. The van der Waals surface area contributed by atoms with E-state index < -0.39 is 11.7 Å². The Morgan fingerprint density at radius 3 is 2.56 bits per heavy atom. The lowest BCUT2D eigenvalue weighted by molar-refractivity contribution is 0.0926. The normalized spacial score (nSPS) is 14.2. The number of aromatic nitrogens is 2. The first-order chi connectivity index (χ1) is 15.6. The minimum Gasteiger partial charge on any atom is -0.457 e. The average Bonchev–Trinajstić information content (AvgIpc) is 2.83. The first-order valence-corrected chi connectivity index (χ1v) is 10.7. The molecule has 0 radical (unpaired) electrons. The van der Waals surface area contributed by atoms with Crippen molar-refractivity contribution in [3.05, 3.63) is 77.7 Å². The molecule has 7 nitrogen and oxygen atoms in total. The number of amides is 1. The molecule has 8 heteroatoms. The summed E-state index contributed by atoms with van der Waals surface area (Å²) in [4.78, 5) is 14.9. The van der Waals surface area contributed by atoms with Crippen LogP contribution in [0, 0.1) is 5.82 Å². The van der Waals surface area contributed by atoms with Gasteiger partial charge in [0, 0.05) is 25.3 Å². The number of halogens is 1. The standard InChI is InChI=1S/C24H26FN5O2/c25-22-8-7-20(32-19-5-3-17(4-6-19)9-12-26)16-21(22)24(31)28-18-10-14-30(15-11-18)23-2-1-13-27-29-23/h1-8,13,16,18H,9-12,14-15,26H2,(H,28,31). The van der Waals surface area contributed by atoms with E-state index in [1.54, 1.807) is 6.20 Å². The number of hydrogen-bond acceptors (Lipinski definition) is 6. The highest BCUT2D eigenvalue weighted by Crippen LogP contribution is 2.25. The largest absolute Gasteiger partial charge is 0.457 e. The van der Waals surface area contributed by atoms with Crippen molar-refractivity contribution in [1.82, 2.24) is 15.5 Å². The van der Waals surface area contributed by atoms with Gasteiger partial charge in [-0.25, -0.2) is 4.39 Å². The zero-order valence-corrected chi connectivity index (χ0v) is 17.7. The van der Waals surface area contributed by atoms with Crippen molar-refractivity contribution >= 4 is 11.7 Å². The fraction of sp³-hybridized carbons (Fsp3) is 0.292. The number of carbonyl (C=O) groups excluding carboxylic acids is 1. The molecule has 1 amide bonds. The predicted octanol–water partition coefficient (Wildman–Crippen LogP) is 3.31. The van der Waals surface area contributed by atoms with E-state index in [2.05, 4.69) is 20.4 Å². The first-order valence-electron chi connectivity index (χ1n) is 10.7. The topological polar surface area (TPSA) is 93.4 Å². The van der Waals surface area contributed by atoms with Crippen LogP contribution in [0.25, 0.3) is 0 Å². The number of piperidine rings is 1. The van der Waals surface area contributed by atoms with Gasteiger partial charge in [-0.2, -0.15) is 5.10 Å². The summed E-state index contributed by atoms with van der Waals surface area (Å²) in [6, 6.07) is 15.5. The lowest BCUT2D eigenvalue weighted by atomic mass is 10.0. The molecule has 166 valence electrons. The average molecular weight is 436 g/mol. The molecular formula is C24H26FN5O2. The summed E-state index contributed by atoms with van der Waals surface area (Å²) in [6.45, 7) is 2.07. The molecule has 0 saturated carbocycles. The van der Waals surface area contributed by atoms with Crippen molar-refractivity contribution in [3.63, 3.8) is 0 Å².